The summed E-state index contributed by atoms with van der Waals surface area (Å²) in [6, 6.07) is 5.81. The molecule has 0 aromatic heterocycles. The molecule has 1 saturated heterocycles. The summed E-state index contributed by atoms with van der Waals surface area (Å²) in [6.45, 7) is 5.89. The standard InChI is InChI=1S/C18H22N4O3/c1-12-3-4-14(13(2)11-12)17(24)21-7-9-22(10-8-21)18(25)15-5-6-16(23)20-19-15/h3-4,11H,5-10H2,1-2H3,(H,20,23). The van der Waals surface area contributed by atoms with Crippen molar-refractivity contribution in [2.75, 3.05) is 26.2 Å². The second-order valence-corrected chi connectivity index (χ2v) is 6.50. The van der Waals surface area contributed by atoms with E-state index in [2.05, 4.69) is 10.5 Å². The molecule has 3 rings (SSSR count). The minimum atomic E-state index is -0.166. The molecule has 7 nitrogen and oxygen atoms in total. The zero-order valence-electron chi connectivity index (χ0n) is 14.5. The number of carbonyl (C=O) groups excluding carboxylic acids is 3. The first kappa shape index (κ1) is 17.1. The monoisotopic (exact) mass is 342 g/mol. The molecule has 3 amide bonds. The Morgan fingerprint density at radius 3 is 2.20 bits per heavy atom. The van der Waals surface area contributed by atoms with E-state index in [1.165, 1.54) is 0 Å². The number of piperazine rings is 1. The predicted molar refractivity (Wildman–Crippen MR) is 93.2 cm³/mol. The minimum Gasteiger partial charge on any atom is -0.335 e. The average molecular weight is 342 g/mol. The third-order valence-corrected chi connectivity index (χ3v) is 4.62. The molecule has 7 heteroatoms. The van der Waals surface area contributed by atoms with Gasteiger partial charge in [-0.2, -0.15) is 5.10 Å². The lowest BCUT2D eigenvalue weighted by atomic mass is 10.0. The maximum Gasteiger partial charge on any atom is 0.270 e. The number of aryl methyl sites for hydroxylation is 2. The van der Waals surface area contributed by atoms with E-state index in [1.807, 2.05) is 32.0 Å². The molecule has 2 aliphatic rings. The van der Waals surface area contributed by atoms with Crippen molar-refractivity contribution in [3.63, 3.8) is 0 Å². The molecule has 0 saturated carbocycles. The summed E-state index contributed by atoms with van der Waals surface area (Å²) in [7, 11) is 0. The van der Waals surface area contributed by atoms with Crippen molar-refractivity contribution < 1.29 is 14.4 Å². The Kier molecular flexibility index (Phi) is 4.83. The Morgan fingerprint density at radius 1 is 1.00 bits per heavy atom. The highest BCUT2D eigenvalue weighted by Gasteiger charge is 2.29. The van der Waals surface area contributed by atoms with Gasteiger partial charge < -0.3 is 9.80 Å². The maximum absolute atomic E-state index is 12.7. The Morgan fingerprint density at radius 2 is 1.64 bits per heavy atom. The topological polar surface area (TPSA) is 82.1 Å². The number of hydrogen-bond acceptors (Lipinski definition) is 4. The SMILES string of the molecule is Cc1ccc(C(=O)N2CCN(C(=O)C3=NNC(=O)CC3)CC2)c(C)c1. The van der Waals surface area contributed by atoms with Gasteiger partial charge in [-0.15, -0.1) is 0 Å². The molecule has 1 N–H and O–H groups in total. The number of rotatable bonds is 2. The zero-order chi connectivity index (χ0) is 18.0. The first-order valence-corrected chi connectivity index (χ1v) is 8.47. The normalized spacial score (nSPS) is 17.8. The van der Waals surface area contributed by atoms with Crippen LogP contribution in [0.3, 0.4) is 0 Å². The summed E-state index contributed by atoms with van der Waals surface area (Å²) in [4.78, 5) is 39.7. The molecule has 1 aromatic carbocycles. The van der Waals surface area contributed by atoms with Crippen molar-refractivity contribution in [2.24, 2.45) is 5.10 Å². The van der Waals surface area contributed by atoms with Crippen molar-refractivity contribution in [1.29, 1.82) is 0 Å². The number of benzene rings is 1. The van der Waals surface area contributed by atoms with Crippen molar-refractivity contribution in [2.45, 2.75) is 26.7 Å². The Labute approximate surface area is 146 Å². The van der Waals surface area contributed by atoms with Gasteiger partial charge in [-0.1, -0.05) is 17.7 Å². The molecular formula is C18H22N4O3. The van der Waals surface area contributed by atoms with Gasteiger partial charge in [-0.05, 0) is 25.5 Å². The lowest BCUT2D eigenvalue weighted by Gasteiger charge is -2.35. The van der Waals surface area contributed by atoms with Crippen LogP contribution in [-0.4, -0.2) is 59.4 Å². The second kappa shape index (κ2) is 7.04. The molecule has 0 aliphatic carbocycles. The summed E-state index contributed by atoms with van der Waals surface area (Å²) < 4.78 is 0. The van der Waals surface area contributed by atoms with Crippen LogP contribution in [-0.2, 0) is 9.59 Å². The molecule has 0 spiro atoms. The summed E-state index contributed by atoms with van der Waals surface area (Å²) in [5.74, 6) is -0.314. The van der Waals surface area contributed by atoms with Gasteiger partial charge in [0.15, 0.2) is 0 Å². The summed E-state index contributed by atoms with van der Waals surface area (Å²) in [5, 5.41) is 3.85. The van der Waals surface area contributed by atoms with Gasteiger partial charge in [0, 0.05) is 44.6 Å². The second-order valence-electron chi connectivity index (χ2n) is 6.50. The first-order valence-electron chi connectivity index (χ1n) is 8.47. The van der Waals surface area contributed by atoms with Gasteiger partial charge >= 0.3 is 0 Å². The van der Waals surface area contributed by atoms with Gasteiger partial charge in [-0.25, -0.2) is 5.43 Å². The zero-order valence-corrected chi connectivity index (χ0v) is 14.5. The lowest BCUT2D eigenvalue weighted by Crippen LogP contribution is -2.52. The lowest BCUT2D eigenvalue weighted by molar-refractivity contribution is -0.126. The smallest absolute Gasteiger partial charge is 0.270 e. The summed E-state index contributed by atoms with van der Waals surface area (Å²) in [6.07, 6.45) is 0.655. The summed E-state index contributed by atoms with van der Waals surface area (Å²) >= 11 is 0. The van der Waals surface area contributed by atoms with Crippen LogP contribution in [0.5, 0.6) is 0 Å². The number of carbonyl (C=O) groups is 3. The van der Waals surface area contributed by atoms with Crippen LogP contribution >= 0.6 is 0 Å². The molecule has 0 unspecified atom stereocenters. The van der Waals surface area contributed by atoms with Crippen LogP contribution < -0.4 is 5.43 Å². The van der Waals surface area contributed by atoms with Crippen molar-refractivity contribution in [3.8, 4) is 0 Å². The van der Waals surface area contributed by atoms with E-state index in [-0.39, 0.29) is 24.1 Å². The molecule has 0 bridgehead atoms. The largest absolute Gasteiger partial charge is 0.335 e. The number of hydrogen-bond donors (Lipinski definition) is 1. The highest BCUT2D eigenvalue weighted by Crippen LogP contribution is 2.15. The van der Waals surface area contributed by atoms with Gasteiger partial charge in [0.1, 0.15) is 5.71 Å². The van der Waals surface area contributed by atoms with Crippen LogP contribution in [0.1, 0.15) is 34.3 Å². The number of nitrogens with zero attached hydrogens (tertiary/aromatic N) is 3. The highest BCUT2D eigenvalue weighted by atomic mass is 16.2. The van der Waals surface area contributed by atoms with E-state index in [4.69, 9.17) is 0 Å². The molecule has 25 heavy (non-hydrogen) atoms. The van der Waals surface area contributed by atoms with Crippen molar-refractivity contribution in [3.05, 3.63) is 34.9 Å². The van der Waals surface area contributed by atoms with Gasteiger partial charge in [0.25, 0.3) is 11.8 Å². The Balaban J connectivity index is 1.61. The third kappa shape index (κ3) is 3.70. The van der Waals surface area contributed by atoms with E-state index in [0.717, 1.165) is 11.1 Å². The van der Waals surface area contributed by atoms with E-state index in [0.29, 0.717) is 43.9 Å². The molecule has 2 heterocycles. The van der Waals surface area contributed by atoms with Crippen molar-refractivity contribution in [1.82, 2.24) is 15.2 Å². The van der Waals surface area contributed by atoms with Crippen LogP contribution in [0.4, 0.5) is 0 Å². The number of amides is 3. The minimum absolute atomic E-state index is 0.00636. The van der Waals surface area contributed by atoms with E-state index >= 15 is 0 Å². The molecule has 0 radical (unpaired) electrons. The van der Waals surface area contributed by atoms with Crippen LogP contribution in [0, 0.1) is 13.8 Å². The highest BCUT2D eigenvalue weighted by molar-refractivity contribution is 6.39. The quantitative estimate of drug-likeness (QED) is 0.865. The first-order chi connectivity index (χ1) is 12.0. The number of nitrogens with one attached hydrogen (secondary N) is 1. The van der Waals surface area contributed by atoms with Crippen molar-refractivity contribution >= 4 is 23.4 Å². The molecule has 1 fully saturated rings. The summed E-state index contributed by atoms with van der Waals surface area (Å²) in [5.41, 5.74) is 5.54. The van der Waals surface area contributed by atoms with Crippen LogP contribution in [0.25, 0.3) is 0 Å². The Hall–Kier alpha value is -2.70. The fraction of sp³-hybridized carbons (Fsp3) is 0.444. The maximum atomic E-state index is 12.7. The van der Waals surface area contributed by atoms with Gasteiger partial charge in [0.2, 0.25) is 5.91 Å². The molecule has 132 valence electrons. The van der Waals surface area contributed by atoms with Crippen LogP contribution in [0.15, 0.2) is 23.3 Å². The van der Waals surface area contributed by atoms with E-state index in [1.54, 1.807) is 9.80 Å². The average Bonchev–Trinajstić information content (AvgIpc) is 2.61. The number of hydrazone groups is 1. The molecule has 2 aliphatic heterocycles. The predicted octanol–water partition coefficient (Wildman–Crippen LogP) is 0.854. The van der Waals surface area contributed by atoms with Crippen LogP contribution in [0.2, 0.25) is 0 Å². The fourth-order valence-corrected chi connectivity index (χ4v) is 3.15. The van der Waals surface area contributed by atoms with E-state index in [9.17, 15) is 14.4 Å². The van der Waals surface area contributed by atoms with Gasteiger partial charge in [0.05, 0.1) is 0 Å². The van der Waals surface area contributed by atoms with Gasteiger partial charge in [-0.3, -0.25) is 14.4 Å². The molecule has 0 atom stereocenters. The molecular weight excluding hydrogens is 320 g/mol. The third-order valence-electron chi connectivity index (χ3n) is 4.62. The molecule has 1 aromatic rings. The Bertz CT molecular complexity index is 749. The van der Waals surface area contributed by atoms with E-state index < -0.39 is 0 Å². The fourth-order valence-electron chi connectivity index (χ4n) is 3.15.